The molecule has 1 unspecified atom stereocenters. The molecule has 1 aliphatic rings. The number of aromatic amines is 1. The first-order valence-corrected chi connectivity index (χ1v) is 7.91. The maximum absolute atomic E-state index is 11.6. The van der Waals surface area contributed by atoms with E-state index in [1.165, 1.54) is 6.07 Å². The summed E-state index contributed by atoms with van der Waals surface area (Å²) in [7, 11) is 3.83. The number of aryl methyl sites for hydroxylation is 1. The zero-order valence-electron chi connectivity index (χ0n) is 14.2. The number of nitrogens with zero attached hydrogens (tertiary/aromatic N) is 5. The molecule has 0 bridgehead atoms. The number of hydrogen-bond acceptors (Lipinski definition) is 7. The van der Waals surface area contributed by atoms with Crippen LogP contribution in [-0.4, -0.2) is 58.6 Å². The second-order valence-electron chi connectivity index (χ2n) is 6.14. The first kappa shape index (κ1) is 16.5. The molecule has 0 spiro atoms. The van der Waals surface area contributed by atoms with E-state index in [0.29, 0.717) is 30.6 Å². The zero-order valence-corrected chi connectivity index (χ0v) is 14.2. The van der Waals surface area contributed by atoms with Gasteiger partial charge < -0.3 is 14.6 Å². The van der Waals surface area contributed by atoms with Crippen LogP contribution in [0, 0.1) is 6.92 Å². The maximum Gasteiger partial charge on any atom is 0.251 e. The van der Waals surface area contributed by atoms with Gasteiger partial charge in [0.25, 0.3) is 5.56 Å². The van der Waals surface area contributed by atoms with Crippen LogP contribution in [0.5, 0.6) is 0 Å². The third-order valence-electron chi connectivity index (χ3n) is 3.86. The molecule has 2 aromatic heterocycles. The number of H-pyrrole nitrogens is 1. The second kappa shape index (κ2) is 7.06. The van der Waals surface area contributed by atoms with Gasteiger partial charge in [-0.1, -0.05) is 0 Å². The molecular formula is C16H22N6O2. The molecule has 1 fully saturated rings. The predicted molar refractivity (Wildman–Crippen MR) is 89.9 cm³/mol. The third kappa shape index (κ3) is 3.95. The SMILES string of the molecule is Cc1nc(C2CN(Cc3cnc(N(C)C)nc3)CCO2)cc(=O)[nH]1. The van der Waals surface area contributed by atoms with Gasteiger partial charge in [0, 0.05) is 57.8 Å². The molecule has 3 rings (SSSR count). The van der Waals surface area contributed by atoms with Crippen molar-refractivity contribution in [1.82, 2.24) is 24.8 Å². The fourth-order valence-corrected chi connectivity index (χ4v) is 2.71. The molecule has 128 valence electrons. The predicted octanol–water partition coefficient (Wildman–Crippen LogP) is 0.508. The Balaban J connectivity index is 1.68. The number of aromatic nitrogens is 4. The highest BCUT2D eigenvalue weighted by Crippen LogP contribution is 2.21. The lowest BCUT2D eigenvalue weighted by molar-refractivity contribution is -0.0352. The van der Waals surface area contributed by atoms with Gasteiger partial charge in [0.1, 0.15) is 11.9 Å². The van der Waals surface area contributed by atoms with E-state index in [1.54, 1.807) is 6.92 Å². The highest BCUT2D eigenvalue weighted by atomic mass is 16.5. The second-order valence-corrected chi connectivity index (χ2v) is 6.14. The lowest BCUT2D eigenvalue weighted by Crippen LogP contribution is -2.38. The number of hydrogen-bond donors (Lipinski definition) is 1. The molecule has 1 saturated heterocycles. The van der Waals surface area contributed by atoms with Crippen molar-refractivity contribution in [3.8, 4) is 0 Å². The van der Waals surface area contributed by atoms with Crippen molar-refractivity contribution in [1.29, 1.82) is 0 Å². The lowest BCUT2D eigenvalue weighted by Gasteiger charge is -2.32. The van der Waals surface area contributed by atoms with Gasteiger partial charge in [0.15, 0.2) is 0 Å². The minimum atomic E-state index is -0.193. The van der Waals surface area contributed by atoms with Gasteiger partial charge in [-0.2, -0.15) is 0 Å². The first-order valence-electron chi connectivity index (χ1n) is 7.91. The summed E-state index contributed by atoms with van der Waals surface area (Å²) in [5.74, 6) is 1.30. The van der Waals surface area contributed by atoms with Gasteiger partial charge in [0.2, 0.25) is 5.95 Å². The molecule has 2 aromatic rings. The van der Waals surface area contributed by atoms with Crippen LogP contribution < -0.4 is 10.5 Å². The Kier molecular flexibility index (Phi) is 4.86. The summed E-state index contributed by atoms with van der Waals surface area (Å²) < 4.78 is 5.80. The molecule has 0 aromatic carbocycles. The van der Waals surface area contributed by atoms with Crippen molar-refractivity contribution in [2.24, 2.45) is 0 Å². The zero-order chi connectivity index (χ0) is 17.1. The molecule has 8 heteroatoms. The van der Waals surface area contributed by atoms with E-state index < -0.39 is 0 Å². The summed E-state index contributed by atoms with van der Waals surface area (Å²) in [4.78, 5) is 31.5. The van der Waals surface area contributed by atoms with Crippen LogP contribution in [0.4, 0.5) is 5.95 Å². The molecule has 1 atom stereocenters. The Labute approximate surface area is 140 Å². The van der Waals surface area contributed by atoms with Crippen LogP contribution in [0.3, 0.4) is 0 Å². The average Bonchev–Trinajstić information content (AvgIpc) is 2.55. The monoisotopic (exact) mass is 330 g/mol. The Morgan fingerprint density at radius 1 is 1.38 bits per heavy atom. The van der Waals surface area contributed by atoms with Gasteiger partial charge >= 0.3 is 0 Å². The van der Waals surface area contributed by atoms with E-state index in [0.717, 1.165) is 18.7 Å². The average molecular weight is 330 g/mol. The van der Waals surface area contributed by atoms with Crippen molar-refractivity contribution < 1.29 is 4.74 Å². The van der Waals surface area contributed by atoms with Gasteiger partial charge in [-0.15, -0.1) is 0 Å². The van der Waals surface area contributed by atoms with Crippen LogP contribution in [0.1, 0.15) is 23.2 Å². The van der Waals surface area contributed by atoms with Crippen LogP contribution >= 0.6 is 0 Å². The number of morpholine rings is 1. The van der Waals surface area contributed by atoms with Crippen molar-refractivity contribution in [3.05, 3.63) is 45.9 Å². The van der Waals surface area contributed by atoms with Crippen LogP contribution in [0.15, 0.2) is 23.3 Å². The molecule has 1 aliphatic heterocycles. The summed E-state index contributed by atoms with van der Waals surface area (Å²) in [6.45, 7) is 4.64. The molecule has 8 nitrogen and oxygen atoms in total. The Morgan fingerprint density at radius 3 is 2.79 bits per heavy atom. The summed E-state index contributed by atoms with van der Waals surface area (Å²) in [6, 6.07) is 1.51. The van der Waals surface area contributed by atoms with E-state index in [9.17, 15) is 4.79 Å². The Bertz CT molecular complexity index is 743. The van der Waals surface area contributed by atoms with Crippen molar-refractivity contribution in [2.75, 3.05) is 38.7 Å². The summed E-state index contributed by atoms with van der Waals surface area (Å²) in [5, 5.41) is 0. The fraction of sp³-hybridized carbons (Fsp3) is 0.500. The summed E-state index contributed by atoms with van der Waals surface area (Å²) >= 11 is 0. The molecule has 0 aliphatic carbocycles. The Morgan fingerprint density at radius 2 is 2.12 bits per heavy atom. The molecule has 0 saturated carbocycles. The largest absolute Gasteiger partial charge is 0.369 e. The third-order valence-corrected chi connectivity index (χ3v) is 3.86. The molecule has 0 amide bonds. The van der Waals surface area contributed by atoms with Gasteiger partial charge in [-0.3, -0.25) is 9.69 Å². The fourth-order valence-electron chi connectivity index (χ4n) is 2.71. The van der Waals surface area contributed by atoms with Crippen LogP contribution in [0.25, 0.3) is 0 Å². The topological polar surface area (TPSA) is 87.2 Å². The number of anilines is 1. The Hall–Kier alpha value is -2.32. The molecule has 1 N–H and O–H groups in total. The van der Waals surface area contributed by atoms with Crippen molar-refractivity contribution >= 4 is 5.95 Å². The van der Waals surface area contributed by atoms with Crippen LogP contribution in [0.2, 0.25) is 0 Å². The van der Waals surface area contributed by atoms with Crippen LogP contribution in [-0.2, 0) is 11.3 Å². The smallest absolute Gasteiger partial charge is 0.251 e. The first-order chi connectivity index (χ1) is 11.5. The highest BCUT2D eigenvalue weighted by Gasteiger charge is 2.24. The summed E-state index contributed by atoms with van der Waals surface area (Å²) in [5.41, 5.74) is 1.59. The van der Waals surface area contributed by atoms with E-state index in [4.69, 9.17) is 4.74 Å². The number of nitrogens with one attached hydrogen (secondary N) is 1. The molecular weight excluding hydrogens is 308 g/mol. The van der Waals surface area contributed by atoms with Gasteiger partial charge in [0.05, 0.1) is 12.3 Å². The number of ether oxygens (including phenoxy) is 1. The van der Waals surface area contributed by atoms with Crippen molar-refractivity contribution in [3.63, 3.8) is 0 Å². The van der Waals surface area contributed by atoms with Gasteiger partial charge in [-0.25, -0.2) is 15.0 Å². The minimum absolute atomic E-state index is 0.147. The van der Waals surface area contributed by atoms with Gasteiger partial charge in [-0.05, 0) is 6.92 Å². The molecule has 3 heterocycles. The highest BCUT2D eigenvalue weighted by molar-refractivity contribution is 5.26. The normalized spacial score (nSPS) is 18.5. The van der Waals surface area contributed by atoms with E-state index in [2.05, 4.69) is 24.8 Å². The summed E-state index contributed by atoms with van der Waals surface area (Å²) in [6.07, 6.45) is 3.51. The number of rotatable bonds is 4. The van der Waals surface area contributed by atoms with E-state index >= 15 is 0 Å². The molecule has 24 heavy (non-hydrogen) atoms. The van der Waals surface area contributed by atoms with E-state index in [1.807, 2.05) is 31.4 Å². The standard InChI is InChI=1S/C16H22N6O2/c1-11-19-13(6-15(23)20-11)14-10-22(4-5-24-14)9-12-7-17-16(18-8-12)21(2)3/h6-8,14H,4-5,9-10H2,1-3H3,(H,19,20,23). The lowest BCUT2D eigenvalue weighted by atomic mass is 10.2. The minimum Gasteiger partial charge on any atom is -0.369 e. The molecule has 0 radical (unpaired) electrons. The maximum atomic E-state index is 11.6. The quantitative estimate of drug-likeness (QED) is 0.874. The van der Waals surface area contributed by atoms with E-state index in [-0.39, 0.29) is 11.7 Å². The van der Waals surface area contributed by atoms with Crippen molar-refractivity contribution in [2.45, 2.75) is 19.6 Å².